The third-order valence-corrected chi connectivity index (χ3v) is 5.16. The van der Waals surface area contributed by atoms with Crippen LogP contribution >= 0.6 is 11.1 Å². The van der Waals surface area contributed by atoms with Crippen molar-refractivity contribution in [3.8, 4) is 0 Å². The van der Waals surface area contributed by atoms with Gasteiger partial charge in [-0.3, -0.25) is 0 Å². The van der Waals surface area contributed by atoms with E-state index < -0.39 is 7.87 Å². The van der Waals surface area contributed by atoms with Crippen molar-refractivity contribution < 1.29 is 8.85 Å². The topological polar surface area (TPSA) is 18.5 Å². The Balaban J connectivity index is 3.80. The quantitative estimate of drug-likeness (QED) is 0.475. The van der Waals surface area contributed by atoms with Gasteiger partial charge in [-0.05, 0) is 13.8 Å². The maximum Gasteiger partial charge on any atom is 0.443 e. The Morgan fingerprint density at radius 3 is 1.92 bits per heavy atom. The summed E-state index contributed by atoms with van der Waals surface area (Å²) in [5.41, 5.74) is 0. The normalized spacial score (nSPS) is 12.0. The van der Waals surface area contributed by atoms with E-state index in [0.29, 0.717) is 13.2 Å². The molecule has 0 spiro atoms. The third kappa shape index (κ3) is 5.14. The van der Waals surface area contributed by atoms with E-state index in [2.05, 4.69) is 6.92 Å². The standard InChI is InChI=1S/C8H19ClO2Si/c1-4-7-8-12(9,10-5-2)11-6-3/h4-8H2,1-3H3. The van der Waals surface area contributed by atoms with Crippen LogP contribution in [0.4, 0.5) is 0 Å². The molecule has 0 heterocycles. The Morgan fingerprint density at radius 1 is 1.08 bits per heavy atom. The second-order valence-corrected chi connectivity index (χ2v) is 6.75. The van der Waals surface area contributed by atoms with Gasteiger partial charge in [0.2, 0.25) is 0 Å². The van der Waals surface area contributed by atoms with Crippen molar-refractivity contribution in [1.82, 2.24) is 0 Å². The van der Waals surface area contributed by atoms with Crippen molar-refractivity contribution in [1.29, 1.82) is 0 Å². The number of unbranched alkanes of at least 4 members (excludes halogenated alkanes) is 1. The van der Waals surface area contributed by atoms with Gasteiger partial charge >= 0.3 is 7.87 Å². The number of hydrogen-bond acceptors (Lipinski definition) is 2. The fourth-order valence-electron chi connectivity index (χ4n) is 1.01. The second kappa shape index (κ2) is 6.89. The molecule has 0 radical (unpaired) electrons. The van der Waals surface area contributed by atoms with Crippen molar-refractivity contribution in [2.75, 3.05) is 13.2 Å². The van der Waals surface area contributed by atoms with Crippen LogP contribution in [-0.2, 0) is 8.85 Å². The smallest absolute Gasteiger partial charge is 0.383 e. The Labute approximate surface area is 81.2 Å². The van der Waals surface area contributed by atoms with Gasteiger partial charge < -0.3 is 8.85 Å². The van der Waals surface area contributed by atoms with Crippen molar-refractivity contribution in [2.24, 2.45) is 0 Å². The Kier molecular flexibility index (Phi) is 7.14. The van der Waals surface area contributed by atoms with E-state index in [0.717, 1.165) is 18.9 Å². The number of halogens is 1. The van der Waals surface area contributed by atoms with E-state index in [1.807, 2.05) is 13.8 Å². The van der Waals surface area contributed by atoms with Crippen LogP contribution in [-0.4, -0.2) is 21.1 Å². The first-order valence-electron chi connectivity index (χ1n) is 4.65. The monoisotopic (exact) mass is 210 g/mol. The first-order chi connectivity index (χ1) is 5.68. The maximum atomic E-state index is 6.21. The van der Waals surface area contributed by atoms with E-state index in [4.69, 9.17) is 19.9 Å². The molecule has 0 N–H and O–H groups in total. The highest BCUT2D eigenvalue weighted by molar-refractivity contribution is 7.12. The molecule has 0 saturated carbocycles. The fraction of sp³-hybridized carbons (Fsp3) is 1.00. The summed E-state index contributed by atoms with van der Waals surface area (Å²) < 4.78 is 10.9. The van der Waals surface area contributed by atoms with Gasteiger partial charge in [-0.2, -0.15) is 0 Å². The Bertz CT molecular complexity index is 105. The molecule has 0 fully saturated rings. The van der Waals surface area contributed by atoms with Crippen LogP contribution in [0.5, 0.6) is 0 Å². The minimum atomic E-state index is -2.30. The van der Waals surface area contributed by atoms with E-state index in [9.17, 15) is 0 Å². The average molecular weight is 211 g/mol. The van der Waals surface area contributed by atoms with E-state index in [1.165, 1.54) is 0 Å². The van der Waals surface area contributed by atoms with Crippen LogP contribution in [0.1, 0.15) is 33.6 Å². The molecule has 0 bridgehead atoms. The first-order valence-corrected chi connectivity index (χ1v) is 7.68. The molecule has 0 aromatic heterocycles. The van der Waals surface area contributed by atoms with Crippen molar-refractivity contribution in [2.45, 2.75) is 39.7 Å². The SMILES string of the molecule is CCCC[Si](Cl)(OCC)OCC. The fourth-order valence-corrected chi connectivity index (χ4v) is 4.07. The molecule has 0 aromatic carbocycles. The zero-order chi connectivity index (χ0) is 9.45. The molecule has 12 heavy (non-hydrogen) atoms. The predicted molar refractivity (Wildman–Crippen MR) is 54.6 cm³/mol. The molecule has 4 heteroatoms. The van der Waals surface area contributed by atoms with E-state index in [1.54, 1.807) is 0 Å². The molecule has 74 valence electrons. The molecular weight excluding hydrogens is 192 g/mol. The highest BCUT2D eigenvalue weighted by atomic mass is 35.6. The number of hydrogen-bond donors (Lipinski definition) is 0. The lowest BCUT2D eigenvalue weighted by Gasteiger charge is -2.22. The average Bonchev–Trinajstić information content (AvgIpc) is 2.02. The molecule has 0 saturated heterocycles. The van der Waals surface area contributed by atoms with Gasteiger partial charge in [-0.25, -0.2) is 0 Å². The molecule has 0 aliphatic heterocycles. The predicted octanol–water partition coefficient (Wildman–Crippen LogP) is 3.04. The summed E-state index contributed by atoms with van der Waals surface area (Å²) in [7, 11) is -2.30. The van der Waals surface area contributed by atoms with Gasteiger partial charge in [0, 0.05) is 19.3 Å². The molecule has 0 amide bonds. The Morgan fingerprint density at radius 2 is 1.58 bits per heavy atom. The summed E-state index contributed by atoms with van der Waals surface area (Å²) >= 11 is 6.21. The zero-order valence-electron chi connectivity index (χ0n) is 8.23. The molecule has 0 atom stereocenters. The van der Waals surface area contributed by atoms with Gasteiger partial charge in [-0.15, -0.1) is 0 Å². The molecule has 2 nitrogen and oxygen atoms in total. The van der Waals surface area contributed by atoms with Gasteiger partial charge in [-0.1, -0.05) is 30.8 Å². The van der Waals surface area contributed by atoms with Gasteiger partial charge in [0.1, 0.15) is 0 Å². The summed E-state index contributed by atoms with van der Waals surface area (Å²) in [4.78, 5) is 0. The summed E-state index contributed by atoms with van der Waals surface area (Å²) in [6.45, 7) is 7.35. The summed E-state index contributed by atoms with van der Waals surface area (Å²) in [5, 5.41) is 0. The summed E-state index contributed by atoms with van der Waals surface area (Å²) in [6.07, 6.45) is 2.23. The van der Waals surface area contributed by atoms with Crippen molar-refractivity contribution in [3.63, 3.8) is 0 Å². The molecule has 0 aliphatic carbocycles. The highest BCUT2D eigenvalue weighted by Crippen LogP contribution is 2.21. The van der Waals surface area contributed by atoms with Gasteiger partial charge in [0.15, 0.2) is 0 Å². The highest BCUT2D eigenvalue weighted by Gasteiger charge is 2.33. The van der Waals surface area contributed by atoms with Crippen LogP contribution in [0.2, 0.25) is 6.04 Å². The molecule has 0 unspecified atom stereocenters. The first kappa shape index (κ1) is 12.4. The van der Waals surface area contributed by atoms with Crippen LogP contribution in [0.25, 0.3) is 0 Å². The third-order valence-electron chi connectivity index (χ3n) is 1.55. The van der Waals surface area contributed by atoms with E-state index >= 15 is 0 Å². The van der Waals surface area contributed by atoms with Crippen molar-refractivity contribution in [3.05, 3.63) is 0 Å². The van der Waals surface area contributed by atoms with Crippen molar-refractivity contribution >= 4 is 18.9 Å². The molecule has 0 aromatic rings. The van der Waals surface area contributed by atoms with Crippen LogP contribution < -0.4 is 0 Å². The number of rotatable bonds is 7. The largest absolute Gasteiger partial charge is 0.443 e. The second-order valence-electron chi connectivity index (χ2n) is 2.63. The zero-order valence-corrected chi connectivity index (χ0v) is 9.99. The van der Waals surface area contributed by atoms with E-state index in [-0.39, 0.29) is 0 Å². The minimum Gasteiger partial charge on any atom is -0.383 e. The van der Waals surface area contributed by atoms with Crippen LogP contribution in [0.3, 0.4) is 0 Å². The molecule has 0 aliphatic rings. The lowest BCUT2D eigenvalue weighted by atomic mass is 10.4. The van der Waals surface area contributed by atoms with Crippen LogP contribution in [0, 0.1) is 0 Å². The van der Waals surface area contributed by atoms with Gasteiger partial charge in [0.05, 0.1) is 0 Å². The van der Waals surface area contributed by atoms with Gasteiger partial charge in [0.25, 0.3) is 0 Å². The molecular formula is C8H19ClO2Si. The lowest BCUT2D eigenvalue weighted by molar-refractivity contribution is 0.202. The van der Waals surface area contributed by atoms with Crippen LogP contribution in [0.15, 0.2) is 0 Å². The lowest BCUT2D eigenvalue weighted by Crippen LogP contribution is -2.35. The summed E-state index contributed by atoms with van der Waals surface area (Å²) in [5.74, 6) is 0. The summed E-state index contributed by atoms with van der Waals surface area (Å²) in [6, 6.07) is 0.896. The Hall–Kier alpha value is 0.427. The molecule has 0 rings (SSSR count). The minimum absolute atomic E-state index is 0.652. The maximum absolute atomic E-state index is 6.21.